The van der Waals surface area contributed by atoms with Crippen molar-refractivity contribution in [3.05, 3.63) is 36.0 Å². The van der Waals surface area contributed by atoms with E-state index in [1.165, 1.54) is 6.34 Å². The summed E-state index contributed by atoms with van der Waals surface area (Å²) in [5, 5.41) is 9.40. The highest BCUT2D eigenvalue weighted by molar-refractivity contribution is 5.82. The summed E-state index contributed by atoms with van der Waals surface area (Å²) < 4.78 is 0. The molecule has 0 fully saturated rings. The van der Waals surface area contributed by atoms with Gasteiger partial charge in [-0.2, -0.15) is 0 Å². The number of aryl methyl sites for hydroxylation is 1. The average Bonchev–Trinajstić information content (AvgIpc) is 2.26. The maximum atomic E-state index is 8.37. The lowest BCUT2D eigenvalue weighted by molar-refractivity contribution is 0.240. The molecule has 0 atom stereocenters. The zero-order valence-electron chi connectivity index (χ0n) is 8.31. The molecule has 0 aliphatic rings. The number of nitrogens with one attached hydrogen (secondary N) is 1. The number of hydrogen-bond donors (Lipinski definition) is 2. The van der Waals surface area contributed by atoms with Crippen LogP contribution in [0.2, 0.25) is 0 Å². The first-order chi connectivity index (χ1) is 7.29. The van der Waals surface area contributed by atoms with E-state index in [0.717, 1.165) is 22.3 Å². The summed E-state index contributed by atoms with van der Waals surface area (Å²) in [6.07, 6.45) is 1.22. The molecule has 1 heterocycles. The number of hydrogen-bond acceptors (Lipinski definition) is 3. The van der Waals surface area contributed by atoms with Crippen molar-refractivity contribution in [2.24, 2.45) is 4.99 Å². The van der Waals surface area contributed by atoms with Crippen molar-refractivity contribution in [3.63, 3.8) is 0 Å². The number of rotatable bonds is 2. The number of fused-ring (bicyclic) bond motifs is 1. The molecule has 0 aliphatic heterocycles. The quantitative estimate of drug-likeness (QED) is 0.445. The predicted octanol–water partition coefficient (Wildman–Crippen LogP) is 2.18. The molecule has 0 spiro atoms. The first-order valence-corrected chi connectivity index (χ1v) is 4.59. The standard InChI is InChI=1S/C11H11N3O/c1-8-2-3-9-6-10(12-7-13-15)4-5-11(9)14-8/h2-7,15H,1H3,(H,12,13). The van der Waals surface area contributed by atoms with Gasteiger partial charge in [-0.05, 0) is 31.2 Å². The van der Waals surface area contributed by atoms with Gasteiger partial charge in [0.2, 0.25) is 0 Å². The predicted molar refractivity (Wildman–Crippen MR) is 59.6 cm³/mol. The molecular formula is C11H11N3O. The van der Waals surface area contributed by atoms with Crippen LogP contribution in [0.25, 0.3) is 10.9 Å². The van der Waals surface area contributed by atoms with E-state index in [0.29, 0.717) is 0 Å². The largest absolute Gasteiger partial charge is 0.290 e. The molecule has 0 aliphatic carbocycles. The average molecular weight is 201 g/mol. The van der Waals surface area contributed by atoms with Crippen LogP contribution in [0.15, 0.2) is 35.3 Å². The molecular weight excluding hydrogens is 190 g/mol. The highest BCUT2D eigenvalue weighted by Gasteiger charge is 1.96. The number of hydroxylamine groups is 1. The minimum Gasteiger partial charge on any atom is -0.290 e. The van der Waals surface area contributed by atoms with Crippen LogP contribution in [-0.4, -0.2) is 16.5 Å². The van der Waals surface area contributed by atoms with Crippen molar-refractivity contribution >= 4 is 22.9 Å². The topological polar surface area (TPSA) is 57.5 Å². The summed E-state index contributed by atoms with van der Waals surface area (Å²) in [7, 11) is 0. The van der Waals surface area contributed by atoms with Gasteiger partial charge < -0.3 is 0 Å². The van der Waals surface area contributed by atoms with Crippen molar-refractivity contribution in [1.29, 1.82) is 0 Å². The second-order valence-electron chi connectivity index (χ2n) is 3.22. The molecule has 4 heteroatoms. The van der Waals surface area contributed by atoms with Gasteiger partial charge >= 0.3 is 0 Å². The summed E-state index contributed by atoms with van der Waals surface area (Å²) in [5.41, 5.74) is 4.58. The summed E-state index contributed by atoms with van der Waals surface area (Å²) in [4.78, 5) is 8.36. The zero-order valence-corrected chi connectivity index (χ0v) is 8.31. The van der Waals surface area contributed by atoms with Gasteiger partial charge in [-0.1, -0.05) is 6.07 Å². The molecule has 4 nitrogen and oxygen atoms in total. The highest BCUT2D eigenvalue weighted by Crippen LogP contribution is 2.19. The van der Waals surface area contributed by atoms with E-state index in [-0.39, 0.29) is 0 Å². The minimum atomic E-state index is 0.773. The molecule has 2 rings (SSSR count). The number of pyridine rings is 1. The van der Waals surface area contributed by atoms with Gasteiger partial charge in [-0.3, -0.25) is 15.7 Å². The summed E-state index contributed by atoms with van der Waals surface area (Å²) in [6, 6.07) is 9.63. The maximum Gasteiger partial charge on any atom is 0.113 e. The fourth-order valence-electron chi connectivity index (χ4n) is 1.40. The fourth-order valence-corrected chi connectivity index (χ4v) is 1.40. The van der Waals surface area contributed by atoms with Crippen LogP contribution in [0.3, 0.4) is 0 Å². The molecule has 0 amide bonds. The number of aromatic nitrogens is 1. The van der Waals surface area contributed by atoms with Gasteiger partial charge in [0.15, 0.2) is 0 Å². The van der Waals surface area contributed by atoms with Crippen molar-refractivity contribution in [2.45, 2.75) is 6.92 Å². The molecule has 2 N–H and O–H groups in total. The Hall–Kier alpha value is -1.94. The van der Waals surface area contributed by atoms with Gasteiger partial charge in [0.05, 0.1) is 11.2 Å². The number of aliphatic imine (C=N–C) groups is 1. The third-order valence-corrected chi connectivity index (χ3v) is 2.08. The van der Waals surface area contributed by atoms with Gasteiger partial charge in [0, 0.05) is 11.1 Å². The Morgan fingerprint density at radius 1 is 1.33 bits per heavy atom. The Morgan fingerprint density at radius 2 is 2.20 bits per heavy atom. The Kier molecular flexibility index (Phi) is 2.60. The number of nitrogens with zero attached hydrogens (tertiary/aromatic N) is 2. The van der Waals surface area contributed by atoms with Crippen LogP contribution < -0.4 is 5.48 Å². The smallest absolute Gasteiger partial charge is 0.113 e. The Balaban J connectivity index is 2.47. The third kappa shape index (κ3) is 2.11. The van der Waals surface area contributed by atoms with Crippen LogP contribution in [0.5, 0.6) is 0 Å². The van der Waals surface area contributed by atoms with Gasteiger partial charge in [-0.15, -0.1) is 0 Å². The lowest BCUT2D eigenvalue weighted by Crippen LogP contribution is -2.00. The van der Waals surface area contributed by atoms with Crippen molar-refractivity contribution < 1.29 is 5.21 Å². The second-order valence-corrected chi connectivity index (χ2v) is 3.22. The van der Waals surface area contributed by atoms with E-state index >= 15 is 0 Å². The molecule has 76 valence electrons. The molecule has 0 bridgehead atoms. The third-order valence-electron chi connectivity index (χ3n) is 2.08. The SMILES string of the molecule is Cc1ccc2cc(N=CNO)ccc2n1. The zero-order chi connectivity index (χ0) is 10.7. The Labute approximate surface area is 87.3 Å². The molecule has 0 unspecified atom stereocenters. The normalized spacial score (nSPS) is 11.1. The first kappa shape index (κ1) is 9.61. The van der Waals surface area contributed by atoms with Gasteiger partial charge in [0.25, 0.3) is 0 Å². The van der Waals surface area contributed by atoms with Crippen LogP contribution >= 0.6 is 0 Å². The highest BCUT2D eigenvalue weighted by atomic mass is 16.5. The van der Waals surface area contributed by atoms with E-state index in [9.17, 15) is 0 Å². The fraction of sp³-hybridized carbons (Fsp3) is 0.0909. The van der Waals surface area contributed by atoms with E-state index in [2.05, 4.69) is 9.98 Å². The minimum absolute atomic E-state index is 0.773. The molecule has 1 aromatic heterocycles. The molecule has 15 heavy (non-hydrogen) atoms. The van der Waals surface area contributed by atoms with Crippen molar-refractivity contribution in [2.75, 3.05) is 0 Å². The van der Waals surface area contributed by atoms with Crippen LogP contribution in [-0.2, 0) is 0 Å². The molecule has 0 saturated heterocycles. The van der Waals surface area contributed by atoms with E-state index in [1.54, 1.807) is 0 Å². The number of benzene rings is 1. The molecule has 0 radical (unpaired) electrons. The summed E-state index contributed by atoms with van der Waals surface area (Å²) in [6.45, 7) is 1.96. The van der Waals surface area contributed by atoms with Crippen LogP contribution in [0.1, 0.15) is 5.69 Å². The van der Waals surface area contributed by atoms with Crippen LogP contribution in [0.4, 0.5) is 5.69 Å². The summed E-state index contributed by atoms with van der Waals surface area (Å²) >= 11 is 0. The van der Waals surface area contributed by atoms with Crippen molar-refractivity contribution in [1.82, 2.24) is 10.5 Å². The molecule has 0 saturated carbocycles. The van der Waals surface area contributed by atoms with Crippen LogP contribution in [0, 0.1) is 6.92 Å². The molecule has 2 aromatic rings. The molecule has 1 aromatic carbocycles. The van der Waals surface area contributed by atoms with E-state index in [4.69, 9.17) is 5.21 Å². The second kappa shape index (κ2) is 4.06. The first-order valence-electron chi connectivity index (χ1n) is 4.59. The maximum absolute atomic E-state index is 8.37. The van der Waals surface area contributed by atoms with Crippen molar-refractivity contribution in [3.8, 4) is 0 Å². The monoisotopic (exact) mass is 201 g/mol. The summed E-state index contributed by atoms with van der Waals surface area (Å²) in [5.74, 6) is 0. The Morgan fingerprint density at radius 3 is 3.00 bits per heavy atom. The van der Waals surface area contributed by atoms with Gasteiger partial charge in [-0.25, -0.2) is 4.99 Å². The van der Waals surface area contributed by atoms with E-state index in [1.807, 2.05) is 42.7 Å². The van der Waals surface area contributed by atoms with Gasteiger partial charge in [0.1, 0.15) is 6.34 Å². The Bertz CT molecular complexity index is 508. The lowest BCUT2D eigenvalue weighted by atomic mass is 10.2. The van der Waals surface area contributed by atoms with E-state index < -0.39 is 0 Å². The lowest BCUT2D eigenvalue weighted by Gasteiger charge is -1.99.